The fraction of sp³-hybridized carbons (Fsp3) is 0.552. The predicted molar refractivity (Wildman–Crippen MR) is 154 cm³/mol. The molecule has 0 radical (unpaired) electrons. The zero-order chi connectivity index (χ0) is 30.5. The maximum atomic E-state index is 12.2. The van der Waals surface area contributed by atoms with E-state index >= 15 is 0 Å². The second-order valence-corrected chi connectivity index (χ2v) is 13.4. The van der Waals surface area contributed by atoms with Crippen molar-refractivity contribution in [1.29, 1.82) is 0 Å². The number of aryl methyl sites for hydroxylation is 1. The fourth-order valence-electron chi connectivity index (χ4n) is 6.27. The van der Waals surface area contributed by atoms with Crippen LogP contribution in [0.3, 0.4) is 0 Å². The molecular formula is C29H36N6O4S. The van der Waals surface area contributed by atoms with Crippen molar-refractivity contribution in [3.05, 3.63) is 35.2 Å². The standard InChI is InChI=1S/C29H36N6O4S/c1-4-5-25(36)35-16-23(17-35)33-8-6-21(7-9-33)22-14-19(2)27-24(15-22)32-28-26(20(3)39-27)29(31-18-30-28)34-10-12-40(37,38)13-11-34/h14-15,18,20-21,23H,6-13,16-17H2,1-3H3,(H,30,31,32)/t20-/m1/s1/i1D3. The summed E-state index contributed by atoms with van der Waals surface area (Å²) in [4.78, 5) is 27.3. The predicted octanol–water partition coefficient (Wildman–Crippen LogP) is 2.63. The van der Waals surface area contributed by atoms with Crippen molar-refractivity contribution in [2.45, 2.75) is 51.6 Å². The minimum atomic E-state index is -3.02. The minimum Gasteiger partial charge on any atom is -0.483 e. The number of rotatable bonds is 3. The number of hydrogen-bond donors (Lipinski definition) is 1. The van der Waals surface area contributed by atoms with E-state index in [0.29, 0.717) is 43.7 Å². The number of carbonyl (C=O) groups excluding carboxylic acids is 1. The number of aromatic nitrogens is 2. The van der Waals surface area contributed by atoms with Crippen LogP contribution in [0.2, 0.25) is 0 Å². The second kappa shape index (κ2) is 10.6. The highest BCUT2D eigenvalue weighted by Crippen LogP contribution is 2.45. The Morgan fingerprint density at radius 3 is 2.62 bits per heavy atom. The van der Waals surface area contributed by atoms with E-state index in [1.165, 1.54) is 11.9 Å². The number of anilines is 3. The summed E-state index contributed by atoms with van der Waals surface area (Å²) in [5.74, 6) is 6.62. The summed E-state index contributed by atoms with van der Waals surface area (Å²) < 4.78 is 52.0. The normalized spacial score (nSPS) is 24.4. The summed E-state index contributed by atoms with van der Waals surface area (Å²) in [6, 6.07) is 4.64. The van der Waals surface area contributed by atoms with Crippen molar-refractivity contribution in [3.63, 3.8) is 0 Å². The lowest BCUT2D eigenvalue weighted by molar-refractivity contribution is -0.132. The smallest absolute Gasteiger partial charge is 0.298 e. The number of carbonyl (C=O) groups is 1. The molecule has 6 rings (SSSR count). The Morgan fingerprint density at radius 1 is 1.15 bits per heavy atom. The van der Waals surface area contributed by atoms with Crippen molar-refractivity contribution < 1.29 is 22.1 Å². The van der Waals surface area contributed by atoms with E-state index < -0.39 is 22.6 Å². The maximum absolute atomic E-state index is 12.2. The first-order valence-corrected chi connectivity index (χ1v) is 15.6. The number of fused-ring (bicyclic) bond motifs is 2. The van der Waals surface area contributed by atoms with E-state index in [0.717, 1.165) is 48.5 Å². The van der Waals surface area contributed by atoms with E-state index in [9.17, 15) is 13.2 Å². The molecule has 212 valence electrons. The zero-order valence-corrected chi connectivity index (χ0v) is 23.6. The van der Waals surface area contributed by atoms with Crippen molar-refractivity contribution in [1.82, 2.24) is 19.8 Å². The summed E-state index contributed by atoms with van der Waals surface area (Å²) in [5, 5.41) is 3.51. The average molecular weight is 568 g/mol. The number of piperidine rings is 1. The highest BCUT2D eigenvalue weighted by Gasteiger charge is 2.37. The van der Waals surface area contributed by atoms with Gasteiger partial charge in [-0.3, -0.25) is 9.69 Å². The van der Waals surface area contributed by atoms with Crippen LogP contribution in [0.25, 0.3) is 0 Å². The van der Waals surface area contributed by atoms with E-state index in [2.05, 4.69) is 45.2 Å². The van der Waals surface area contributed by atoms with Gasteiger partial charge in [-0.15, -0.1) is 0 Å². The number of likely N-dealkylation sites (tertiary alicyclic amines) is 2. The van der Waals surface area contributed by atoms with Crippen molar-refractivity contribution in [2.24, 2.45) is 0 Å². The molecule has 0 aliphatic carbocycles. The van der Waals surface area contributed by atoms with E-state index in [1.54, 1.807) is 4.90 Å². The molecule has 4 aliphatic heterocycles. The van der Waals surface area contributed by atoms with Gasteiger partial charge in [0.15, 0.2) is 9.84 Å². The molecule has 1 aromatic carbocycles. The van der Waals surface area contributed by atoms with Gasteiger partial charge in [0.1, 0.15) is 29.8 Å². The van der Waals surface area contributed by atoms with Gasteiger partial charge >= 0.3 is 0 Å². The summed E-state index contributed by atoms with van der Waals surface area (Å²) in [5.41, 5.74) is 3.96. The molecule has 0 bridgehead atoms. The number of sulfone groups is 1. The summed E-state index contributed by atoms with van der Waals surface area (Å²) in [7, 11) is -3.02. The first-order valence-electron chi connectivity index (χ1n) is 15.3. The van der Waals surface area contributed by atoms with E-state index in [4.69, 9.17) is 8.85 Å². The van der Waals surface area contributed by atoms with Gasteiger partial charge in [0.2, 0.25) is 0 Å². The van der Waals surface area contributed by atoms with Crippen LogP contribution >= 0.6 is 0 Å². The quantitative estimate of drug-likeness (QED) is 0.560. The largest absolute Gasteiger partial charge is 0.483 e. The minimum absolute atomic E-state index is 0.106. The van der Waals surface area contributed by atoms with Gasteiger partial charge in [-0.25, -0.2) is 18.4 Å². The maximum Gasteiger partial charge on any atom is 0.298 e. The molecular weight excluding hydrogens is 528 g/mol. The highest BCUT2D eigenvalue weighted by molar-refractivity contribution is 7.91. The van der Waals surface area contributed by atoms with Crippen molar-refractivity contribution >= 4 is 33.1 Å². The Hall–Kier alpha value is -3.36. The van der Waals surface area contributed by atoms with Crippen LogP contribution in [0.15, 0.2) is 18.5 Å². The van der Waals surface area contributed by atoms with Crippen LogP contribution in [-0.4, -0.2) is 90.9 Å². The molecule has 0 unspecified atom stereocenters. The molecule has 1 atom stereocenters. The lowest BCUT2D eigenvalue weighted by Gasteiger charge is -2.47. The molecule has 40 heavy (non-hydrogen) atoms. The molecule has 1 aromatic heterocycles. The van der Waals surface area contributed by atoms with Crippen LogP contribution in [-0.2, 0) is 14.6 Å². The molecule has 1 amide bonds. The van der Waals surface area contributed by atoms with Crippen LogP contribution in [0, 0.1) is 18.8 Å². The van der Waals surface area contributed by atoms with Gasteiger partial charge in [-0.2, -0.15) is 0 Å². The fourth-order valence-corrected chi connectivity index (χ4v) is 7.47. The number of hydrogen-bond acceptors (Lipinski definition) is 9. The van der Waals surface area contributed by atoms with Gasteiger partial charge in [0, 0.05) is 36.3 Å². The molecule has 4 aliphatic rings. The third-order valence-corrected chi connectivity index (χ3v) is 10.2. The lowest BCUT2D eigenvalue weighted by Crippen LogP contribution is -2.61. The Kier molecular flexibility index (Phi) is 6.17. The molecule has 0 spiro atoms. The molecule has 0 saturated carbocycles. The van der Waals surface area contributed by atoms with E-state index in [-0.39, 0.29) is 23.7 Å². The SMILES string of the molecule is [2H]C([2H])([2H])C#CC(=O)N1CC(N2CCC(c3cc(C)c4c(c3)Nc3ncnc(N5CCS(=O)(=O)CC5)c3[C@@H](C)O4)CC2)C1. The Bertz CT molecular complexity index is 1580. The van der Waals surface area contributed by atoms with Gasteiger partial charge in [-0.05, 0) is 75.7 Å². The van der Waals surface area contributed by atoms with Crippen LogP contribution < -0.4 is 15.0 Å². The summed E-state index contributed by atoms with van der Waals surface area (Å²) in [6.07, 6.45) is 3.16. The Morgan fingerprint density at radius 2 is 1.90 bits per heavy atom. The zero-order valence-electron chi connectivity index (χ0n) is 25.8. The van der Waals surface area contributed by atoms with Crippen LogP contribution in [0.5, 0.6) is 5.75 Å². The summed E-state index contributed by atoms with van der Waals surface area (Å²) >= 11 is 0. The highest BCUT2D eigenvalue weighted by atomic mass is 32.2. The molecule has 2 aromatic rings. The van der Waals surface area contributed by atoms with Gasteiger partial charge in [0.25, 0.3) is 5.91 Å². The van der Waals surface area contributed by atoms with E-state index in [1.807, 2.05) is 17.7 Å². The molecule has 1 N–H and O–H groups in total. The molecule has 3 saturated heterocycles. The van der Waals surface area contributed by atoms with Gasteiger partial charge in [0.05, 0.1) is 22.8 Å². The third-order valence-electron chi connectivity index (χ3n) is 8.59. The van der Waals surface area contributed by atoms with Gasteiger partial charge < -0.3 is 19.9 Å². The molecule has 5 heterocycles. The number of amides is 1. The first kappa shape index (κ1) is 23.4. The first-order chi connectivity index (χ1) is 20.4. The topological polar surface area (TPSA) is 108 Å². The number of nitrogens with zero attached hydrogens (tertiary/aromatic N) is 5. The average Bonchev–Trinajstić information content (AvgIpc) is 3.07. The number of benzene rings is 1. The second-order valence-electron chi connectivity index (χ2n) is 11.1. The lowest BCUT2D eigenvalue weighted by atomic mass is 9.87. The van der Waals surface area contributed by atoms with Crippen molar-refractivity contribution in [3.8, 4) is 17.6 Å². The van der Waals surface area contributed by atoms with Crippen molar-refractivity contribution in [2.75, 3.05) is 61.0 Å². The Balaban J connectivity index is 1.13. The Labute approximate surface area is 240 Å². The van der Waals surface area contributed by atoms with Crippen LogP contribution in [0.4, 0.5) is 17.3 Å². The monoisotopic (exact) mass is 567 g/mol. The number of ether oxygens (including phenoxy) is 1. The number of nitrogens with one attached hydrogen (secondary N) is 1. The van der Waals surface area contributed by atoms with Gasteiger partial charge in [-0.1, -0.05) is 12.0 Å². The third kappa shape index (κ3) is 5.10. The molecule has 11 heteroatoms. The molecule has 3 fully saturated rings. The summed E-state index contributed by atoms with van der Waals surface area (Å²) in [6.45, 7) is 5.38. The molecule has 10 nitrogen and oxygen atoms in total. The van der Waals surface area contributed by atoms with Crippen LogP contribution in [0.1, 0.15) is 59.4 Å².